The van der Waals surface area contributed by atoms with Crippen LogP contribution in [0.4, 0.5) is 0 Å². The lowest BCUT2D eigenvalue weighted by Crippen LogP contribution is -2.37. The number of halogens is 2. The summed E-state index contributed by atoms with van der Waals surface area (Å²) in [4.78, 5) is 8.97. The van der Waals surface area contributed by atoms with E-state index in [4.69, 9.17) is 16.1 Å². The van der Waals surface area contributed by atoms with Crippen molar-refractivity contribution in [3.8, 4) is 0 Å². The number of nitrogens with one attached hydrogen (secondary N) is 2. The van der Waals surface area contributed by atoms with E-state index in [0.717, 1.165) is 48.3 Å². The summed E-state index contributed by atoms with van der Waals surface area (Å²) < 4.78 is 5.25. The Balaban J connectivity index is 0.00000338. The number of hydrogen-bond donors (Lipinski definition) is 2. The van der Waals surface area contributed by atoms with Gasteiger partial charge in [-0.05, 0) is 31.0 Å². The molecule has 0 bridgehead atoms. The second kappa shape index (κ2) is 12.1. The topological polar surface area (TPSA) is 75.3 Å². The Morgan fingerprint density at radius 3 is 2.58 bits per heavy atom. The normalized spacial score (nSPS) is 11.3. The van der Waals surface area contributed by atoms with E-state index in [-0.39, 0.29) is 29.9 Å². The molecule has 0 unspecified atom stereocenters. The van der Waals surface area contributed by atoms with E-state index in [1.165, 1.54) is 0 Å². The Bertz CT molecular complexity index is 672. The van der Waals surface area contributed by atoms with Gasteiger partial charge >= 0.3 is 0 Å². The lowest BCUT2D eigenvalue weighted by Gasteiger charge is -2.10. The van der Waals surface area contributed by atoms with Gasteiger partial charge in [-0.3, -0.25) is 0 Å². The van der Waals surface area contributed by atoms with Gasteiger partial charge in [0.25, 0.3) is 0 Å². The monoisotopic (exact) mass is 491 g/mol. The largest absolute Gasteiger partial charge is 0.357 e. The third-order valence-electron chi connectivity index (χ3n) is 3.54. The van der Waals surface area contributed by atoms with Gasteiger partial charge in [0.05, 0.1) is 6.54 Å². The van der Waals surface area contributed by atoms with Crippen LogP contribution in [0.5, 0.6) is 0 Å². The van der Waals surface area contributed by atoms with Crippen LogP contribution in [0.2, 0.25) is 5.02 Å². The summed E-state index contributed by atoms with van der Waals surface area (Å²) >= 11 is 5.90. The first-order valence-corrected chi connectivity index (χ1v) is 9.05. The van der Waals surface area contributed by atoms with Crippen LogP contribution < -0.4 is 10.6 Å². The Labute approximate surface area is 177 Å². The molecule has 2 N–H and O–H groups in total. The van der Waals surface area contributed by atoms with Crippen molar-refractivity contribution in [3.05, 3.63) is 46.6 Å². The summed E-state index contributed by atoms with van der Waals surface area (Å²) in [6.45, 7) is 8.35. The van der Waals surface area contributed by atoms with Gasteiger partial charge in [-0.1, -0.05) is 42.7 Å². The zero-order chi connectivity index (χ0) is 18.1. The van der Waals surface area contributed by atoms with Crippen molar-refractivity contribution in [2.75, 3.05) is 13.1 Å². The Morgan fingerprint density at radius 2 is 1.96 bits per heavy atom. The van der Waals surface area contributed by atoms with E-state index in [1.807, 2.05) is 31.2 Å². The van der Waals surface area contributed by atoms with Crippen molar-refractivity contribution in [2.45, 2.75) is 46.1 Å². The standard InChI is InChI=1S/C18H26ClN5O.HI/c1-4-20-18(22-12-14-7-9-15(19)10-8-14)21-11-5-6-16-23-17(13(2)3)24-25-16;/h7-10,13H,4-6,11-12H2,1-3H3,(H2,20,21,22);1H. The van der Waals surface area contributed by atoms with Crippen LogP contribution in [-0.2, 0) is 13.0 Å². The lowest BCUT2D eigenvalue weighted by atomic mass is 10.2. The molecule has 0 aliphatic rings. The molecule has 1 aromatic carbocycles. The van der Waals surface area contributed by atoms with Crippen LogP contribution in [0.3, 0.4) is 0 Å². The number of aliphatic imine (C=N–C) groups is 1. The third kappa shape index (κ3) is 7.90. The van der Waals surface area contributed by atoms with Gasteiger partial charge in [0.15, 0.2) is 11.8 Å². The van der Waals surface area contributed by atoms with Gasteiger partial charge in [-0.15, -0.1) is 24.0 Å². The number of rotatable bonds is 8. The minimum absolute atomic E-state index is 0. The highest BCUT2D eigenvalue weighted by atomic mass is 127. The van der Waals surface area contributed by atoms with Crippen LogP contribution >= 0.6 is 35.6 Å². The lowest BCUT2D eigenvalue weighted by molar-refractivity contribution is 0.368. The van der Waals surface area contributed by atoms with Crippen LogP contribution in [0.25, 0.3) is 0 Å². The fourth-order valence-corrected chi connectivity index (χ4v) is 2.28. The summed E-state index contributed by atoms with van der Waals surface area (Å²) in [6.07, 6.45) is 1.65. The molecule has 1 aromatic heterocycles. The van der Waals surface area contributed by atoms with Gasteiger partial charge in [-0.2, -0.15) is 4.98 Å². The van der Waals surface area contributed by atoms with Crippen LogP contribution in [0.15, 0.2) is 33.8 Å². The van der Waals surface area contributed by atoms with E-state index >= 15 is 0 Å². The van der Waals surface area contributed by atoms with Crippen molar-refractivity contribution in [1.82, 2.24) is 20.8 Å². The van der Waals surface area contributed by atoms with Gasteiger partial charge in [0.1, 0.15) is 0 Å². The molecule has 8 heteroatoms. The van der Waals surface area contributed by atoms with Gasteiger partial charge in [0, 0.05) is 30.5 Å². The third-order valence-corrected chi connectivity index (χ3v) is 3.79. The Kier molecular flexibility index (Phi) is 10.6. The summed E-state index contributed by atoms with van der Waals surface area (Å²) in [7, 11) is 0. The number of benzene rings is 1. The molecule has 0 spiro atoms. The highest BCUT2D eigenvalue weighted by Gasteiger charge is 2.09. The van der Waals surface area contributed by atoms with E-state index in [1.54, 1.807) is 0 Å². The molecular formula is C18H27ClIN5O. The number of guanidine groups is 1. The molecule has 2 aromatic rings. The predicted molar refractivity (Wildman–Crippen MR) is 116 cm³/mol. The molecular weight excluding hydrogens is 465 g/mol. The highest BCUT2D eigenvalue weighted by molar-refractivity contribution is 14.0. The molecule has 0 amide bonds. The van der Waals surface area contributed by atoms with E-state index in [0.29, 0.717) is 12.4 Å². The molecule has 0 aliphatic heterocycles. The highest BCUT2D eigenvalue weighted by Crippen LogP contribution is 2.11. The number of hydrogen-bond acceptors (Lipinski definition) is 4. The second-order valence-electron chi connectivity index (χ2n) is 6.05. The first-order chi connectivity index (χ1) is 12.1. The second-order valence-corrected chi connectivity index (χ2v) is 6.49. The van der Waals surface area contributed by atoms with Crippen molar-refractivity contribution in [2.24, 2.45) is 4.99 Å². The number of aromatic nitrogens is 2. The Morgan fingerprint density at radius 1 is 1.23 bits per heavy atom. The minimum Gasteiger partial charge on any atom is -0.357 e. The summed E-state index contributed by atoms with van der Waals surface area (Å²) in [5.74, 6) is 2.54. The van der Waals surface area contributed by atoms with Gasteiger partial charge in [0.2, 0.25) is 5.89 Å². The number of aryl methyl sites for hydroxylation is 1. The first kappa shape index (κ1) is 22.7. The van der Waals surface area contributed by atoms with E-state index in [9.17, 15) is 0 Å². The van der Waals surface area contributed by atoms with Crippen LogP contribution in [0, 0.1) is 0 Å². The zero-order valence-electron chi connectivity index (χ0n) is 15.5. The molecule has 0 saturated carbocycles. The SMILES string of the molecule is CCNC(=NCc1ccc(Cl)cc1)NCCCc1nc(C(C)C)no1.I. The molecule has 0 fully saturated rings. The predicted octanol–water partition coefficient (Wildman–Crippen LogP) is 4.15. The molecule has 2 rings (SSSR count). The van der Waals surface area contributed by atoms with E-state index < -0.39 is 0 Å². The first-order valence-electron chi connectivity index (χ1n) is 8.67. The minimum atomic E-state index is 0. The molecule has 1 heterocycles. The molecule has 0 aliphatic carbocycles. The number of nitrogens with zero attached hydrogens (tertiary/aromatic N) is 3. The van der Waals surface area contributed by atoms with Crippen molar-refractivity contribution in [3.63, 3.8) is 0 Å². The smallest absolute Gasteiger partial charge is 0.226 e. The average Bonchev–Trinajstić information content (AvgIpc) is 3.07. The van der Waals surface area contributed by atoms with Gasteiger partial charge in [-0.25, -0.2) is 4.99 Å². The Hall–Kier alpha value is -1.35. The molecule has 6 nitrogen and oxygen atoms in total. The molecule has 0 radical (unpaired) electrons. The molecule has 144 valence electrons. The maximum Gasteiger partial charge on any atom is 0.226 e. The summed E-state index contributed by atoms with van der Waals surface area (Å²) in [5, 5.41) is 11.3. The van der Waals surface area contributed by atoms with Crippen molar-refractivity contribution in [1.29, 1.82) is 0 Å². The molecule has 26 heavy (non-hydrogen) atoms. The zero-order valence-corrected chi connectivity index (χ0v) is 18.5. The van der Waals surface area contributed by atoms with E-state index in [2.05, 4.69) is 39.6 Å². The fraction of sp³-hybridized carbons (Fsp3) is 0.500. The van der Waals surface area contributed by atoms with Crippen LogP contribution in [0.1, 0.15) is 50.4 Å². The average molecular weight is 492 g/mol. The van der Waals surface area contributed by atoms with Crippen molar-refractivity contribution < 1.29 is 4.52 Å². The summed E-state index contributed by atoms with van der Waals surface area (Å²) in [6, 6.07) is 7.72. The fourth-order valence-electron chi connectivity index (χ4n) is 2.15. The maximum atomic E-state index is 5.90. The maximum absolute atomic E-state index is 5.90. The quantitative estimate of drug-likeness (QED) is 0.251. The molecule has 0 atom stereocenters. The van der Waals surface area contributed by atoms with Crippen molar-refractivity contribution >= 4 is 41.5 Å². The summed E-state index contributed by atoms with van der Waals surface area (Å²) in [5.41, 5.74) is 1.12. The van der Waals surface area contributed by atoms with Gasteiger partial charge < -0.3 is 15.2 Å². The van der Waals surface area contributed by atoms with Crippen LogP contribution in [-0.4, -0.2) is 29.2 Å². The molecule has 0 saturated heterocycles.